The molecule has 108 valence electrons. The second-order valence-corrected chi connectivity index (χ2v) is 8.62. The van der Waals surface area contributed by atoms with Crippen molar-refractivity contribution < 1.29 is 8.42 Å². The summed E-state index contributed by atoms with van der Waals surface area (Å²) in [5, 5.41) is 4.35. The Balaban J connectivity index is 2.73. The fourth-order valence-electron chi connectivity index (χ4n) is 1.42. The van der Waals surface area contributed by atoms with Crippen LogP contribution >= 0.6 is 71.0 Å². The minimum absolute atomic E-state index is 0.0373. The molecule has 10 heteroatoms. The van der Waals surface area contributed by atoms with Gasteiger partial charge in [-0.05, 0) is 72.4 Å². The summed E-state index contributed by atoms with van der Waals surface area (Å²) in [6.45, 7) is 1.70. The average Bonchev–Trinajstić information content (AvgIpc) is 2.62. The molecule has 0 saturated carbocycles. The van der Waals surface area contributed by atoms with Gasteiger partial charge in [0.15, 0.2) is 0 Å². The molecule has 2 aromatic rings. The predicted octanol–water partition coefficient (Wildman–Crippen LogP) is 5.02. The van der Waals surface area contributed by atoms with Crippen molar-refractivity contribution in [3.8, 4) is 0 Å². The molecule has 2 rings (SSSR count). The summed E-state index contributed by atoms with van der Waals surface area (Å²) in [7, 11) is -3.93. The van der Waals surface area contributed by atoms with Crippen LogP contribution in [-0.4, -0.2) is 17.6 Å². The number of nitrogens with zero attached hydrogens (tertiary/aromatic N) is 2. The van der Waals surface area contributed by atoms with Gasteiger partial charge in [0, 0.05) is 5.02 Å². The Kier molecular flexibility index (Phi) is 4.94. The molecule has 0 N–H and O–H groups in total. The zero-order valence-corrected chi connectivity index (χ0v) is 16.8. The third kappa shape index (κ3) is 2.83. The Labute approximate surface area is 150 Å². The van der Waals surface area contributed by atoms with Crippen LogP contribution in [0.4, 0.5) is 0 Å². The van der Waals surface area contributed by atoms with E-state index in [1.54, 1.807) is 6.92 Å². The molecule has 0 atom stereocenters. The first kappa shape index (κ1) is 16.8. The van der Waals surface area contributed by atoms with Gasteiger partial charge in [0.2, 0.25) is 0 Å². The normalized spacial score (nSPS) is 11.9. The largest absolute Gasteiger partial charge is 0.285 e. The Bertz CT molecular complexity index is 805. The van der Waals surface area contributed by atoms with Gasteiger partial charge in [0.05, 0.1) is 9.50 Å². The number of hydrogen-bond donors (Lipinski definition) is 0. The lowest BCUT2D eigenvalue weighted by atomic mass is 10.2. The fraction of sp³-hybridized carbons (Fsp3) is 0.100. The zero-order chi connectivity index (χ0) is 15.2. The van der Waals surface area contributed by atoms with Crippen LogP contribution < -0.4 is 0 Å². The van der Waals surface area contributed by atoms with Crippen LogP contribution in [0.2, 0.25) is 10.0 Å². The summed E-state index contributed by atoms with van der Waals surface area (Å²) in [6, 6.07) is 2.81. The number of rotatable bonds is 2. The van der Waals surface area contributed by atoms with Crippen LogP contribution in [-0.2, 0) is 10.0 Å². The Morgan fingerprint density at radius 1 is 1.15 bits per heavy atom. The molecular formula is C10H5Br3Cl2N2O2S. The molecule has 20 heavy (non-hydrogen) atoms. The molecule has 0 aliphatic carbocycles. The minimum Gasteiger partial charge on any atom is -0.199 e. The summed E-state index contributed by atoms with van der Waals surface area (Å²) in [5.41, 5.74) is 0.607. The Morgan fingerprint density at radius 2 is 1.75 bits per heavy atom. The van der Waals surface area contributed by atoms with Gasteiger partial charge in [-0.1, -0.05) is 23.2 Å². The standard InChI is InChI=1S/C10H5Br3Cl2N2O2S/c1-4-2-7(6(15)3-5(4)14)20(18,19)17-10(13)8(11)9(12)16-17/h2-3H,1H3. The molecule has 0 radical (unpaired) electrons. The van der Waals surface area contributed by atoms with Crippen LogP contribution in [0.5, 0.6) is 0 Å². The smallest absolute Gasteiger partial charge is 0.199 e. The van der Waals surface area contributed by atoms with Gasteiger partial charge in [-0.15, -0.1) is 9.19 Å². The van der Waals surface area contributed by atoms with Crippen molar-refractivity contribution in [2.45, 2.75) is 11.8 Å². The molecule has 0 saturated heterocycles. The van der Waals surface area contributed by atoms with E-state index in [0.29, 0.717) is 19.7 Å². The molecule has 1 aromatic heterocycles. The molecule has 0 aliphatic rings. The molecule has 1 heterocycles. The molecular weight excluding hydrogens is 523 g/mol. The van der Waals surface area contributed by atoms with E-state index in [2.05, 4.69) is 52.9 Å². The van der Waals surface area contributed by atoms with Crippen molar-refractivity contribution in [2.75, 3.05) is 0 Å². The lowest BCUT2D eigenvalue weighted by molar-refractivity contribution is 0.578. The Morgan fingerprint density at radius 3 is 2.25 bits per heavy atom. The van der Waals surface area contributed by atoms with Gasteiger partial charge in [0.1, 0.15) is 14.1 Å². The highest BCUT2D eigenvalue weighted by molar-refractivity contribution is 9.14. The fourth-order valence-corrected chi connectivity index (χ4v) is 5.32. The van der Waals surface area contributed by atoms with Gasteiger partial charge in [-0.25, -0.2) is 0 Å². The van der Waals surface area contributed by atoms with Crippen molar-refractivity contribution in [3.63, 3.8) is 0 Å². The van der Waals surface area contributed by atoms with E-state index in [9.17, 15) is 8.42 Å². The molecule has 4 nitrogen and oxygen atoms in total. The van der Waals surface area contributed by atoms with Crippen LogP contribution in [0.15, 0.2) is 30.7 Å². The summed E-state index contributed by atoms with van der Waals surface area (Å²) >= 11 is 21.4. The zero-order valence-electron chi connectivity index (χ0n) is 9.66. The highest BCUT2D eigenvalue weighted by Crippen LogP contribution is 2.35. The van der Waals surface area contributed by atoms with Crippen LogP contribution in [0.3, 0.4) is 0 Å². The number of benzene rings is 1. The van der Waals surface area contributed by atoms with Crippen molar-refractivity contribution in [3.05, 3.63) is 41.4 Å². The van der Waals surface area contributed by atoms with Crippen LogP contribution in [0.1, 0.15) is 5.56 Å². The second-order valence-electron chi connectivity index (χ2n) is 3.78. The third-order valence-electron chi connectivity index (χ3n) is 2.43. The first-order chi connectivity index (χ1) is 9.16. The van der Waals surface area contributed by atoms with Gasteiger partial charge in [-0.3, -0.25) is 0 Å². The maximum Gasteiger partial charge on any atom is 0.285 e. The van der Waals surface area contributed by atoms with E-state index in [-0.39, 0.29) is 14.5 Å². The first-order valence-corrected chi connectivity index (χ1v) is 9.54. The van der Waals surface area contributed by atoms with E-state index in [4.69, 9.17) is 23.2 Å². The number of halogens is 5. The quantitative estimate of drug-likeness (QED) is 0.551. The minimum atomic E-state index is -3.93. The van der Waals surface area contributed by atoms with Crippen molar-refractivity contribution >= 4 is 81.0 Å². The maximum atomic E-state index is 12.6. The van der Waals surface area contributed by atoms with Crippen molar-refractivity contribution in [1.82, 2.24) is 9.19 Å². The topological polar surface area (TPSA) is 52.0 Å². The molecule has 1 aromatic carbocycles. The summed E-state index contributed by atoms with van der Waals surface area (Å²) in [6.07, 6.45) is 0. The van der Waals surface area contributed by atoms with E-state index in [1.807, 2.05) is 0 Å². The van der Waals surface area contributed by atoms with E-state index < -0.39 is 10.0 Å². The maximum absolute atomic E-state index is 12.6. The lowest BCUT2D eigenvalue weighted by Gasteiger charge is -2.09. The van der Waals surface area contributed by atoms with Crippen LogP contribution in [0, 0.1) is 6.92 Å². The molecule has 0 bridgehead atoms. The van der Waals surface area contributed by atoms with Crippen molar-refractivity contribution in [2.24, 2.45) is 0 Å². The molecule has 0 fully saturated rings. The monoisotopic (exact) mass is 524 g/mol. The van der Waals surface area contributed by atoms with Crippen LogP contribution in [0.25, 0.3) is 0 Å². The first-order valence-electron chi connectivity index (χ1n) is 4.97. The second kappa shape index (κ2) is 5.89. The van der Waals surface area contributed by atoms with E-state index in [0.717, 1.165) is 4.09 Å². The SMILES string of the molecule is Cc1cc(S(=O)(=O)n2nc(Br)c(Br)c2Br)c(Cl)cc1Cl. The summed E-state index contributed by atoms with van der Waals surface area (Å²) in [4.78, 5) is -0.0655. The van der Waals surface area contributed by atoms with Gasteiger partial charge >= 0.3 is 0 Å². The highest BCUT2D eigenvalue weighted by Gasteiger charge is 2.27. The number of hydrogen-bond acceptors (Lipinski definition) is 3. The summed E-state index contributed by atoms with van der Waals surface area (Å²) in [5.74, 6) is 0. The van der Waals surface area contributed by atoms with Gasteiger partial charge in [-0.2, -0.15) is 8.42 Å². The number of aryl methyl sites for hydroxylation is 1. The van der Waals surface area contributed by atoms with E-state index in [1.165, 1.54) is 12.1 Å². The molecule has 0 spiro atoms. The summed E-state index contributed by atoms with van der Waals surface area (Å²) < 4.78 is 27.2. The van der Waals surface area contributed by atoms with Crippen molar-refractivity contribution in [1.29, 1.82) is 0 Å². The van der Waals surface area contributed by atoms with Gasteiger partial charge < -0.3 is 0 Å². The molecule has 0 amide bonds. The predicted molar refractivity (Wildman–Crippen MR) is 89.1 cm³/mol. The lowest BCUT2D eigenvalue weighted by Crippen LogP contribution is -2.15. The molecule has 0 aliphatic heterocycles. The number of aromatic nitrogens is 2. The average molecular weight is 528 g/mol. The van der Waals surface area contributed by atoms with E-state index >= 15 is 0 Å². The highest BCUT2D eigenvalue weighted by atomic mass is 79.9. The Hall–Kier alpha value is 0.400. The van der Waals surface area contributed by atoms with Gasteiger partial charge in [0.25, 0.3) is 10.0 Å². The molecule has 0 unspecified atom stereocenters. The third-order valence-corrected chi connectivity index (χ3v) is 8.21.